The highest BCUT2D eigenvalue weighted by molar-refractivity contribution is 9.10. The summed E-state index contributed by atoms with van der Waals surface area (Å²) < 4.78 is 32.4. The third kappa shape index (κ3) is 5.03. The maximum Gasteiger partial charge on any atom is 0.255 e. The van der Waals surface area contributed by atoms with Gasteiger partial charge in [-0.25, -0.2) is 13.1 Å². The zero-order valence-electron chi connectivity index (χ0n) is 14.4. The molecule has 1 aromatic rings. The van der Waals surface area contributed by atoms with Crippen molar-refractivity contribution in [2.45, 2.75) is 17.7 Å². The smallest absolute Gasteiger partial charge is 0.255 e. The van der Waals surface area contributed by atoms with Crippen molar-refractivity contribution in [3.05, 3.63) is 28.2 Å². The van der Waals surface area contributed by atoms with E-state index >= 15 is 0 Å². The summed E-state index contributed by atoms with van der Waals surface area (Å²) in [6.07, 6.45) is 1.02. The molecule has 2 amide bonds. The molecule has 0 spiro atoms. The van der Waals surface area contributed by atoms with Gasteiger partial charge in [0.25, 0.3) is 5.91 Å². The van der Waals surface area contributed by atoms with E-state index in [1.807, 2.05) is 0 Å². The summed E-state index contributed by atoms with van der Waals surface area (Å²) in [5, 5.41) is 0. The minimum Gasteiger partial charge on any atom is -0.383 e. The summed E-state index contributed by atoms with van der Waals surface area (Å²) in [6, 6.07) is 4.31. The quantitative estimate of drug-likeness (QED) is 0.596. The van der Waals surface area contributed by atoms with Crippen molar-refractivity contribution in [1.82, 2.24) is 9.62 Å². The van der Waals surface area contributed by atoms with Crippen LogP contribution in [0.4, 0.5) is 0 Å². The second-order valence-electron chi connectivity index (χ2n) is 6.00. The number of nitrogens with zero attached hydrogens (tertiary/aromatic N) is 1. The molecule has 0 saturated carbocycles. The molecule has 0 bridgehead atoms. The molecule has 0 unspecified atom stereocenters. The fraction of sp³-hybridized carbons (Fsp3) is 0.500. The molecule has 3 N–H and O–H groups in total. The Bertz CT molecular complexity index is 776. The van der Waals surface area contributed by atoms with Gasteiger partial charge in [-0.05, 0) is 47.0 Å². The van der Waals surface area contributed by atoms with E-state index in [0.29, 0.717) is 30.4 Å². The molecular weight excluding hydrogens is 426 g/mol. The molecule has 144 valence electrons. The van der Waals surface area contributed by atoms with Gasteiger partial charge in [0.2, 0.25) is 15.9 Å². The molecular formula is C16H22BrN3O5S. The highest BCUT2D eigenvalue weighted by Gasteiger charge is 2.28. The van der Waals surface area contributed by atoms with Crippen molar-refractivity contribution < 1.29 is 22.7 Å². The molecule has 0 atom stereocenters. The average molecular weight is 448 g/mol. The van der Waals surface area contributed by atoms with Crippen LogP contribution in [0.15, 0.2) is 27.6 Å². The normalized spacial score (nSPS) is 15.8. The van der Waals surface area contributed by atoms with Crippen molar-refractivity contribution in [2.75, 3.05) is 33.4 Å². The number of hydrogen-bond acceptors (Lipinski definition) is 5. The van der Waals surface area contributed by atoms with Crippen molar-refractivity contribution in [2.24, 2.45) is 11.7 Å². The number of nitrogens with one attached hydrogen (secondary N) is 1. The van der Waals surface area contributed by atoms with Crippen LogP contribution in [0.2, 0.25) is 0 Å². The van der Waals surface area contributed by atoms with Crippen LogP contribution in [0, 0.1) is 5.92 Å². The lowest BCUT2D eigenvalue weighted by atomic mass is 9.96. The van der Waals surface area contributed by atoms with E-state index in [1.54, 1.807) is 4.90 Å². The molecule has 1 aromatic carbocycles. The highest BCUT2D eigenvalue weighted by atomic mass is 79.9. The van der Waals surface area contributed by atoms with Gasteiger partial charge in [0.1, 0.15) is 0 Å². The van der Waals surface area contributed by atoms with E-state index in [4.69, 9.17) is 10.5 Å². The first kappa shape index (κ1) is 20.8. The second-order valence-corrected chi connectivity index (χ2v) is 8.62. The number of primary amides is 1. The molecule has 26 heavy (non-hydrogen) atoms. The van der Waals surface area contributed by atoms with Crippen LogP contribution in [-0.2, 0) is 19.6 Å². The molecule has 1 saturated heterocycles. The van der Waals surface area contributed by atoms with E-state index in [-0.39, 0.29) is 41.3 Å². The first-order chi connectivity index (χ1) is 12.3. The Balaban J connectivity index is 2.17. The van der Waals surface area contributed by atoms with Crippen LogP contribution >= 0.6 is 15.9 Å². The maximum atomic E-state index is 12.8. The fourth-order valence-corrected chi connectivity index (χ4v) is 4.19. The zero-order chi connectivity index (χ0) is 19.3. The monoisotopic (exact) mass is 447 g/mol. The van der Waals surface area contributed by atoms with Gasteiger partial charge < -0.3 is 15.4 Å². The summed E-state index contributed by atoms with van der Waals surface area (Å²) >= 11 is 3.31. The molecule has 1 aliphatic rings. The number of halogens is 1. The van der Waals surface area contributed by atoms with E-state index in [9.17, 15) is 18.0 Å². The summed E-state index contributed by atoms with van der Waals surface area (Å²) in [5.41, 5.74) is 5.57. The Morgan fingerprint density at radius 3 is 2.58 bits per heavy atom. The van der Waals surface area contributed by atoms with Gasteiger partial charge in [-0.3, -0.25) is 9.59 Å². The van der Waals surface area contributed by atoms with Gasteiger partial charge >= 0.3 is 0 Å². The average Bonchev–Trinajstić information content (AvgIpc) is 2.61. The van der Waals surface area contributed by atoms with Crippen molar-refractivity contribution in [1.29, 1.82) is 0 Å². The molecule has 8 nitrogen and oxygen atoms in total. The Labute approximate surface area is 161 Å². The Kier molecular flexibility index (Phi) is 7.16. The van der Waals surface area contributed by atoms with Crippen molar-refractivity contribution >= 4 is 37.8 Å². The fourth-order valence-electron chi connectivity index (χ4n) is 2.73. The standard InChI is InChI=1S/C16H22BrN3O5S/c1-25-9-6-19-26(23,24)12-2-3-14(17)13(10-12)16(22)20-7-4-11(5-8-20)15(18)21/h2-3,10-11,19H,4-9H2,1H3,(H2,18,21). The summed E-state index contributed by atoms with van der Waals surface area (Å²) in [5.74, 6) is -0.860. The lowest BCUT2D eigenvalue weighted by molar-refractivity contribution is -0.123. The van der Waals surface area contributed by atoms with Gasteiger partial charge in [0.15, 0.2) is 0 Å². The Hall–Kier alpha value is -1.49. The zero-order valence-corrected chi connectivity index (χ0v) is 16.8. The highest BCUT2D eigenvalue weighted by Crippen LogP contribution is 2.25. The lowest BCUT2D eigenvalue weighted by Gasteiger charge is -2.31. The summed E-state index contributed by atoms with van der Waals surface area (Å²) in [7, 11) is -2.26. The van der Waals surface area contributed by atoms with Crippen molar-refractivity contribution in [3.63, 3.8) is 0 Å². The van der Waals surface area contributed by atoms with E-state index in [0.717, 1.165) is 0 Å². The number of nitrogens with two attached hydrogens (primary N) is 1. The first-order valence-corrected chi connectivity index (χ1v) is 10.4. The third-order valence-electron chi connectivity index (χ3n) is 4.26. The van der Waals surface area contributed by atoms with E-state index in [1.165, 1.54) is 25.3 Å². The van der Waals surface area contributed by atoms with Crippen LogP contribution in [-0.4, -0.2) is 58.5 Å². The van der Waals surface area contributed by atoms with Gasteiger partial charge in [0, 0.05) is 37.1 Å². The summed E-state index contributed by atoms with van der Waals surface area (Å²) in [4.78, 5) is 25.6. The minimum absolute atomic E-state index is 0.00664. The van der Waals surface area contributed by atoms with E-state index < -0.39 is 10.0 Å². The Morgan fingerprint density at radius 2 is 2.00 bits per heavy atom. The molecule has 1 heterocycles. The largest absolute Gasteiger partial charge is 0.383 e. The number of carbonyl (C=O) groups is 2. The predicted molar refractivity (Wildman–Crippen MR) is 99.0 cm³/mol. The predicted octanol–water partition coefficient (Wildman–Crippen LogP) is 0.711. The first-order valence-electron chi connectivity index (χ1n) is 8.13. The number of carbonyl (C=O) groups excluding carboxylic acids is 2. The van der Waals surface area contributed by atoms with Crippen LogP contribution in [0.5, 0.6) is 0 Å². The minimum atomic E-state index is -3.74. The van der Waals surface area contributed by atoms with Gasteiger partial charge in [-0.15, -0.1) is 0 Å². The SMILES string of the molecule is COCCNS(=O)(=O)c1ccc(Br)c(C(=O)N2CCC(C(N)=O)CC2)c1. The number of ether oxygens (including phenoxy) is 1. The molecule has 10 heteroatoms. The summed E-state index contributed by atoms with van der Waals surface area (Å²) in [6.45, 7) is 1.19. The molecule has 1 aliphatic heterocycles. The number of sulfonamides is 1. The van der Waals surface area contributed by atoms with Crippen LogP contribution in [0.1, 0.15) is 23.2 Å². The van der Waals surface area contributed by atoms with Crippen LogP contribution in [0.25, 0.3) is 0 Å². The third-order valence-corrected chi connectivity index (χ3v) is 6.41. The van der Waals surface area contributed by atoms with Crippen LogP contribution in [0.3, 0.4) is 0 Å². The second kappa shape index (κ2) is 8.94. The number of likely N-dealkylation sites (tertiary alicyclic amines) is 1. The topological polar surface area (TPSA) is 119 Å². The number of amides is 2. The van der Waals surface area contributed by atoms with Crippen LogP contribution < -0.4 is 10.5 Å². The number of methoxy groups -OCH3 is 1. The maximum absolute atomic E-state index is 12.8. The number of hydrogen-bond donors (Lipinski definition) is 2. The molecule has 0 aromatic heterocycles. The number of rotatable bonds is 7. The van der Waals surface area contributed by atoms with E-state index in [2.05, 4.69) is 20.7 Å². The van der Waals surface area contributed by atoms with Gasteiger partial charge in [-0.2, -0.15) is 0 Å². The number of piperidine rings is 1. The molecule has 0 radical (unpaired) electrons. The molecule has 0 aliphatic carbocycles. The van der Waals surface area contributed by atoms with Gasteiger partial charge in [0.05, 0.1) is 17.1 Å². The number of benzene rings is 1. The van der Waals surface area contributed by atoms with Crippen molar-refractivity contribution in [3.8, 4) is 0 Å². The Morgan fingerprint density at radius 1 is 1.35 bits per heavy atom. The van der Waals surface area contributed by atoms with Gasteiger partial charge in [-0.1, -0.05) is 0 Å². The lowest BCUT2D eigenvalue weighted by Crippen LogP contribution is -2.41. The molecule has 2 rings (SSSR count). The molecule has 1 fully saturated rings.